The Balaban J connectivity index is 3.00. The molecule has 74 valence electrons. The second-order valence-electron chi connectivity index (χ2n) is 2.43. The number of allylic oxidation sites excluding steroid dienone is 2. The average Bonchev–Trinajstić information content (AvgIpc) is 2.14. The predicted octanol–water partition coefficient (Wildman–Crippen LogP) is 1.65. The summed E-state index contributed by atoms with van der Waals surface area (Å²) in [5, 5.41) is 7.69. The summed E-state index contributed by atoms with van der Waals surface area (Å²) in [6.45, 7) is 0. The van der Waals surface area contributed by atoms with E-state index < -0.39 is 0 Å². The number of nitrogens with zero attached hydrogens (tertiary/aromatic N) is 2. The summed E-state index contributed by atoms with van der Waals surface area (Å²) in [5.41, 5.74) is 5.60. The quantitative estimate of drug-likeness (QED) is 0.550. The lowest BCUT2D eigenvalue weighted by atomic mass is 10.1. The molecule has 0 radical (unpaired) electrons. The maximum atomic E-state index is 6.81. The number of rotatable bonds is 2. The fourth-order valence-electron chi connectivity index (χ4n) is 0.964. The van der Waals surface area contributed by atoms with Gasteiger partial charge in [-0.25, -0.2) is 4.99 Å². The number of halogens is 2. The maximum Gasteiger partial charge on any atom is 0.107 e. The smallest absolute Gasteiger partial charge is 0.107 e. The number of aliphatic imine (C=N–C) groups is 2. The van der Waals surface area contributed by atoms with Gasteiger partial charge in [0, 0.05) is 5.03 Å². The van der Waals surface area contributed by atoms with Gasteiger partial charge in [0.1, 0.15) is 12.4 Å². The number of hydrogen-bond donors (Lipinski definition) is 2. The lowest BCUT2D eigenvalue weighted by Gasteiger charge is -2.13. The number of nitrogens with two attached hydrogens (primary N) is 1. The van der Waals surface area contributed by atoms with E-state index in [1.54, 1.807) is 12.2 Å². The summed E-state index contributed by atoms with van der Waals surface area (Å²) in [7, 11) is 0. The molecule has 0 aliphatic heterocycles. The lowest BCUT2D eigenvalue weighted by molar-refractivity contribution is 1.00. The van der Waals surface area contributed by atoms with Gasteiger partial charge in [-0.2, -0.15) is 0 Å². The molecule has 1 unspecified atom stereocenters. The van der Waals surface area contributed by atoms with Gasteiger partial charge in [-0.1, -0.05) is 23.2 Å². The van der Waals surface area contributed by atoms with E-state index in [1.807, 2.05) is 0 Å². The molecule has 1 rings (SSSR count). The summed E-state index contributed by atoms with van der Waals surface area (Å²) in [5.74, 6) is 0. The summed E-state index contributed by atoms with van der Waals surface area (Å²) in [4.78, 5) is 7.61. The zero-order chi connectivity index (χ0) is 10.6. The van der Waals surface area contributed by atoms with Crippen molar-refractivity contribution in [2.75, 3.05) is 0 Å². The van der Waals surface area contributed by atoms with Gasteiger partial charge in [0.25, 0.3) is 0 Å². The van der Waals surface area contributed by atoms with E-state index in [4.69, 9.17) is 34.3 Å². The number of nitrogens with one attached hydrogen (secondary N) is 1. The Morgan fingerprint density at radius 1 is 1.50 bits per heavy atom. The third-order valence-electron chi connectivity index (χ3n) is 1.56. The molecule has 1 aliphatic carbocycles. The SMILES string of the molecule is N=CN=C1C=C(Cl)C(N=CN)C=C1Cl. The third-order valence-corrected chi connectivity index (χ3v) is 2.21. The normalized spacial score (nSPS) is 25.0. The minimum atomic E-state index is -0.348. The van der Waals surface area contributed by atoms with Crippen LogP contribution in [0.1, 0.15) is 0 Å². The molecule has 0 aromatic rings. The molecule has 0 saturated heterocycles. The maximum absolute atomic E-state index is 6.81. The molecule has 0 heterocycles. The van der Waals surface area contributed by atoms with Crippen LogP contribution in [-0.4, -0.2) is 24.4 Å². The second kappa shape index (κ2) is 4.93. The van der Waals surface area contributed by atoms with Gasteiger partial charge >= 0.3 is 0 Å². The van der Waals surface area contributed by atoms with Gasteiger partial charge in [-0.3, -0.25) is 10.4 Å². The fourth-order valence-corrected chi connectivity index (χ4v) is 1.41. The highest BCUT2D eigenvalue weighted by Crippen LogP contribution is 2.23. The predicted molar refractivity (Wildman–Crippen MR) is 60.6 cm³/mol. The molecule has 0 saturated carbocycles. The van der Waals surface area contributed by atoms with Crippen LogP contribution in [0.25, 0.3) is 0 Å². The van der Waals surface area contributed by atoms with E-state index in [2.05, 4.69) is 9.98 Å². The average molecular weight is 231 g/mol. The van der Waals surface area contributed by atoms with Crippen LogP contribution in [0.5, 0.6) is 0 Å². The number of hydrogen-bond acceptors (Lipinski definition) is 2. The van der Waals surface area contributed by atoms with E-state index in [0.29, 0.717) is 15.8 Å². The van der Waals surface area contributed by atoms with E-state index in [0.717, 1.165) is 6.34 Å². The van der Waals surface area contributed by atoms with Crippen molar-refractivity contribution in [3.63, 3.8) is 0 Å². The van der Waals surface area contributed by atoms with E-state index in [-0.39, 0.29) is 6.04 Å². The molecule has 0 spiro atoms. The van der Waals surface area contributed by atoms with Crippen molar-refractivity contribution in [2.24, 2.45) is 15.7 Å². The zero-order valence-corrected chi connectivity index (χ0v) is 8.63. The van der Waals surface area contributed by atoms with Gasteiger partial charge in [0.05, 0.1) is 17.1 Å². The topological polar surface area (TPSA) is 74.6 Å². The van der Waals surface area contributed by atoms with Crippen LogP contribution in [0.4, 0.5) is 0 Å². The van der Waals surface area contributed by atoms with Gasteiger partial charge in [-0.05, 0) is 12.2 Å². The molecule has 6 heteroatoms. The van der Waals surface area contributed by atoms with Gasteiger partial charge in [-0.15, -0.1) is 0 Å². The van der Waals surface area contributed by atoms with Crippen LogP contribution in [0.2, 0.25) is 0 Å². The molecule has 1 atom stereocenters. The molecule has 0 fully saturated rings. The van der Waals surface area contributed by atoms with E-state index >= 15 is 0 Å². The summed E-state index contributed by atoms with van der Waals surface area (Å²) in [6.07, 6.45) is 5.25. The molecular formula is C8H8Cl2N4. The molecule has 0 amide bonds. The molecule has 0 bridgehead atoms. The largest absolute Gasteiger partial charge is 0.390 e. The third kappa shape index (κ3) is 2.43. The van der Waals surface area contributed by atoms with Crippen molar-refractivity contribution in [1.29, 1.82) is 5.41 Å². The fraction of sp³-hybridized carbons (Fsp3) is 0.125. The molecular weight excluding hydrogens is 223 g/mol. The van der Waals surface area contributed by atoms with Crippen LogP contribution in [0.15, 0.2) is 32.2 Å². The molecule has 4 nitrogen and oxygen atoms in total. The van der Waals surface area contributed by atoms with Crippen LogP contribution in [0, 0.1) is 5.41 Å². The highest BCUT2D eigenvalue weighted by Gasteiger charge is 2.17. The van der Waals surface area contributed by atoms with Crippen molar-refractivity contribution in [3.8, 4) is 0 Å². The van der Waals surface area contributed by atoms with Crippen molar-refractivity contribution in [1.82, 2.24) is 0 Å². The van der Waals surface area contributed by atoms with Crippen LogP contribution in [-0.2, 0) is 0 Å². The Morgan fingerprint density at radius 3 is 2.79 bits per heavy atom. The van der Waals surface area contributed by atoms with Crippen LogP contribution >= 0.6 is 23.2 Å². The summed E-state index contributed by atoms with van der Waals surface area (Å²) >= 11 is 11.8. The standard InChI is InChI=1S/C8H8Cl2N4/c9-5-1-7(13-3-11)6(10)2-8(5)14-4-12/h1-4,7,12H,(H2,11,13). The van der Waals surface area contributed by atoms with E-state index in [1.165, 1.54) is 6.34 Å². The van der Waals surface area contributed by atoms with Gasteiger partial charge in [0.2, 0.25) is 0 Å². The Morgan fingerprint density at radius 2 is 2.21 bits per heavy atom. The van der Waals surface area contributed by atoms with Gasteiger partial charge in [0.15, 0.2) is 0 Å². The first-order chi connectivity index (χ1) is 6.69. The Labute approximate surface area is 91.3 Å². The van der Waals surface area contributed by atoms with Crippen molar-refractivity contribution in [3.05, 3.63) is 22.2 Å². The molecule has 1 aliphatic rings. The van der Waals surface area contributed by atoms with Crippen molar-refractivity contribution in [2.45, 2.75) is 6.04 Å². The second-order valence-corrected chi connectivity index (χ2v) is 3.27. The lowest BCUT2D eigenvalue weighted by Crippen LogP contribution is -2.12. The summed E-state index contributed by atoms with van der Waals surface area (Å²) < 4.78 is 0. The first-order valence-corrected chi connectivity index (χ1v) is 4.49. The zero-order valence-electron chi connectivity index (χ0n) is 7.11. The highest BCUT2D eigenvalue weighted by molar-refractivity contribution is 6.48. The Kier molecular flexibility index (Phi) is 3.85. The first-order valence-electron chi connectivity index (χ1n) is 3.74. The van der Waals surface area contributed by atoms with E-state index in [9.17, 15) is 0 Å². The van der Waals surface area contributed by atoms with Crippen LogP contribution < -0.4 is 5.73 Å². The van der Waals surface area contributed by atoms with Crippen LogP contribution in [0.3, 0.4) is 0 Å². The minimum Gasteiger partial charge on any atom is -0.390 e. The molecule has 3 N–H and O–H groups in total. The first kappa shape index (κ1) is 10.9. The van der Waals surface area contributed by atoms with Gasteiger partial charge < -0.3 is 5.73 Å². The molecule has 0 aromatic carbocycles. The monoisotopic (exact) mass is 230 g/mol. The highest BCUT2D eigenvalue weighted by atomic mass is 35.5. The molecule has 14 heavy (non-hydrogen) atoms. The Hall–Kier alpha value is -1.13. The van der Waals surface area contributed by atoms with Crippen molar-refractivity contribution < 1.29 is 0 Å². The Bertz CT molecular complexity index is 354. The van der Waals surface area contributed by atoms with Crippen molar-refractivity contribution >= 4 is 41.6 Å². The molecule has 0 aromatic heterocycles. The summed E-state index contributed by atoms with van der Waals surface area (Å²) in [6, 6.07) is -0.348. The minimum absolute atomic E-state index is 0.348.